The van der Waals surface area contributed by atoms with Gasteiger partial charge in [-0.15, -0.1) is 0 Å². The second-order valence-corrected chi connectivity index (χ2v) is 25.5. The average molecular weight is 1280 g/mol. The zero-order chi connectivity index (χ0) is 65.5. The summed E-state index contributed by atoms with van der Waals surface area (Å²) >= 11 is 0. The normalized spacial score (nSPS) is 12.0. The monoisotopic (exact) mass is 1280 g/mol. The number of anilines is 12. The highest BCUT2D eigenvalue weighted by molar-refractivity contribution is 6.41. The summed E-state index contributed by atoms with van der Waals surface area (Å²) in [5.41, 5.74) is 21.9. The van der Waals surface area contributed by atoms with Crippen molar-refractivity contribution < 1.29 is 0 Å². The predicted molar refractivity (Wildman–Crippen MR) is 411 cm³/mol. The Hall–Kier alpha value is -13.8. The third-order valence-corrected chi connectivity index (χ3v) is 19.9. The fourth-order valence-corrected chi connectivity index (χ4v) is 15.8. The second kappa shape index (κ2) is 21.8. The van der Waals surface area contributed by atoms with Crippen LogP contribution in [0.5, 0.6) is 0 Å². The molecule has 0 spiro atoms. The molecule has 0 amide bonds. The van der Waals surface area contributed by atoms with Gasteiger partial charge in [0.1, 0.15) is 22.3 Å². The van der Waals surface area contributed by atoms with Crippen molar-refractivity contribution in [2.45, 2.75) is 0 Å². The van der Waals surface area contributed by atoms with E-state index in [-0.39, 0.29) is 0 Å². The molecule has 9 aromatic heterocycles. The summed E-state index contributed by atoms with van der Waals surface area (Å²) in [6.07, 6.45) is 7.76. The Balaban J connectivity index is 0.993. The molecule has 9 heterocycles. The van der Waals surface area contributed by atoms with Crippen LogP contribution in [0.2, 0.25) is 0 Å². The molecule has 466 valence electrons. The third kappa shape index (κ3) is 8.22. The minimum atomic E-state index is 0.740. The van der Waals surface area contributed by atoms with Gasteiger partial charge in [0.25, 0.3) is 0 Å². The van der Waals surface area contributed by atoms with E-state index in [2.05, 4.69) is 320 Å². The highest BCUT2D eigenvalue weighted by Crippen LogP contribution is 2.54. The Morgan fingerprint density at radius 3 is 0.770 bits per heavy atom. The van der Waals surface area contributed by atoms with Crippen molar-refractivity contribution >= 4 is 189 Å². The van der Waals surface area contributed by atoms with E-state index in [1.54, 1.807) is 0 Å². The quantitative estimate of drug-likeness (QED) is 0.0869. The SMILES string of the molecule is c1ccc(N(c2ccccc2)c2cnc3c(c2)c2cc(N(c4ccccc4)c4ccccc4)cc4c5c6nc7c8cccnc8c8ncccc8c7nc6c6c7cc(N(c8ccccc8)c8ccccc8)cc8c9cc(N(c%10ccccc%10)c%10ccccc%10)cnc9n(c87)c6c5n3c24)cc1. The summed E-state index contributed by atoms with van der Waals surface area (Å²) in [5, 5.41) is 9.62. The topological polar surface area (TPSA) is 99.1 Å². The molecule has 0 unspecified atom stereocenters. The molecule has 0 aliphatic rings. The van der Waals surface area contributed by atoms with E-state index in [9.17, 15) is 0 Å². The standard InChI is InChI=1S/C88H54N12/c1-9-27-55(28-10-1)95(56-29-11-2-12-30-56)63-47-69-71-51-65(97(59-35-17-5-18-36-59)60-37-19-6-20-38-60)53-91-87(71)99-83(69)73(49-63)75-81-82(94-80-68-44-26-46-90-78(68)77-67(79(80)93-81)43-25-45-89-77)76-74-50-64(96(57-31-13-3-14-32-57)58-33-15-4-16-34-58)48-70-72-52-66(54-92-88(72)100(84(70)74)86(76)85(75)99)98(61-39-21-7-22-40-61)62-41-23-8-24-42-62/h1-54H. The van der Waals surface area contributed by atoms with E-state index in [4.69, 9.17) is 29.9 Å². The second-order valence-electron chi connectivity index (χ2n) is 25.5. The molecule has 21 rings (SSSR count). The fraction of sp³-hybridized carbons (Fsp3) is 0. The molecule has 0 atom stereocenters. The van der Waals surface area contributed by atoms with Crippen molar-refractivity contribution in [3.05, 3.63) is 328 Å². The van der Waals surface area contributed by atoms with Crippen LogP contribution in [0.4, 0.5) is 68.2 Å². The molecule has 0 radical (unpaired) electrons. The molecule has 0 aliphatic heterocycles. The molecular weight excluding hydrogens is 1230 g/mol. The van der Waals surface area contributed by atoms with Crippen LogP contribution in [-0.2, 0) is 0 Å². The maximum absolute atomic E-state index is 6.12. The van der Waals surface area contributed by atoms with Gasteiger partial charge in [-0.05, 0) is 158 Å². The molecule has 0 fully saturated rings. The number of fused-ring (bicyclic) bond motifs is 22. The van der Waals surface area contributed by atoms with Crippen LogP contribution < -0.4 is 19.6 Å². The number of rotatable bonds is 12. The zero-order valence-corrected chi connectivity index (χ0v) is 53.5. The number of aromatic nitrogens is 8. The van der Waals surface area contributed by atoms with Crippen molar-refractivity contribution in [3.8, 4) is 0 Å². The smallest absolute Gasteiger partial charge is 0.145 e. The van der Waals surface area contributed by atoms with Crippen molar-refractivity contribution in [1.29, 1.82) is 0 Å². The maximum Gasteiger partial charge on any atom is 0.145 e. The Bertz CT molecular complexity index is 6190. The number of hydrogen-bond donors (Lipinski definition) is 0. The van der Waals surface area contributed by atoms with Gasteiger partial charge in [-0.25, -0.2) is 19.9 Å². The first-order chi connectivity index (χ1) is 49.7. The molecule has 0 saturated heterocycles. The number of pyridine rings is 4. The summed E-state index contributed by atoms with van der Waals surface area (Å²) in [6.45, 7) is 0. The number of benzene rings is 12. The lowest BCUT2D eigenvalue weighted by Crippen LogP contribution is -2.10. The molecular formula is C88H54N12. The van der Waals surface area contributed by atoms with Gasteiger partial charge in [0.2, 0.25) is 0 Å². The van der Waals surface area contributed by atoms with Gasteiger partial charge in [0, 0.05) is 123 Å². The molecule has 12 heteroatoms. The van der Waals surface area contributed by atoms with E-state index in [1.165, 1.54) is 0 Å². The van der Waals surface area contributed by atoms with E-state index >= 15 is 0 Å². The lowest BCUT2D eigenvalue weighted by atomic mass is 10.00. The minimum absolute atomic E-state index is 0.740. The lowest BCUT2D eigenvalue weighted by Gasteiger charge is -2.26. The Morgan fingerprint density at radius 2 is 0.470 bits per heavy atom. The van der Waals surface area contributed by atoms with E-state index in [0.29, 0.717) is 0 Å². The van der Waals surface area contributed by atoms with Gasteiger partial charge in [0.05, 0.1) is 67.9 Å². The van der Waals surface area contributed by atoms with Gasteiger partial charge >= 0.3 is 0 Å². The fourth-order valence-electron chi connectivity index (χ4n) is 15.8. The van der Waals surface area contributed by atoms with Crippen LogP contribution in [0.15, 0.2) is 328 Å². The first-order valence-corrected chi connectivity index (χ1v) is 33.6. The molecule has 0 aliphatic carbocycles. The van der Waals surface area contributed by atoms with Gasteiger partial charge in [0.15, 0.2) is 0 Å². The summed E-state index contributed by atoms with van der Waals surface area (Å²) in [5.74, 6) is 0. The van der Waals surface area contributed by atoms with Crippen LogP contribution in [0.3, 0.4) is 0 Å². The highest BCUT2D eigenvalue weighted by atomic mass is 15.2. The largest absolute Gasteiger partial charge is 0.310 e. The number of para-hydroxylation sites is 8. The minimum Gasteiger partial charge on any atom is -0.310 e. The Morgan fingerprint density at radius 1 is 0.200 bits per heavy atom. The number of nitrogens with zero attached hydrogens (tertiary/aromatic N) is 12. The molecule has 100 heavy (non-hydrogen) atoms. The van der Waals surface area contributed by atoms with Crippen molar-refractivity contribution in [1.82, 2.24) is 38.7 Å². The first kappa shape index (κ1) is 55.4. The maximum atomic E-state index is 6.12. The molecule has 0 N–H and O–H groups in total. The average Bonchev–Trinajstić information content (AvgIpc) is 1.49. The zero-order valence-electron chi connectivity index (χ0n) is 53.5. The summed E-state index contributed by atoms with van der Waals surface area (Å²) in [7, 11) is 0. The van der Waals surface area contributed by atoms with Crippen LogP contribution in [0.25, 0.3) is 120 Å². The van der Waals surface area contributed by atoms with Crippen molar-refractivity contribution in [3.63, 3.8) is 0 Å². The third-order valence-electron chi connectivity index (χ3n) is 19.9. The lowest BCUT2D eigenvalue weighted by molar-refractivity contribution is 1.21. The van der Waals surface area contributed by atoms with Crippen LogP contribution in [0.1, 0.15) is 0 Å². The van der Waals surface area contributed by atoms with Crippen molar-refractivity contribution in [2.75, 3.05) is 19.6 Å². The van der Waals surface area contributed by atoms with Crippen LogP contribution in [-0.4, -0.2) is 38.7 Å². The summed E-state index contributed by atoms with van der Waals surface area (Å²) in [4.78, 5) is 43.2. The van der Waals surface area contributed by atoms with Crippen LogP contribution in [0, 0.1) is 0 Å². The van der Waals surface area contributed by atoms with E-state index in [1.807, 2.05) is 36.9 Å². The summed E-state index contributed by atoms with van der Waals surface area (Å²) in [6, 6.07) is 107. The molecule has 12 aromatic carbocycles. The van der Waals surface area contributed by atoms with Gasteiger partial charge in [-0.2, -0.15) is 0 Å². The van der Waals surface area contributed by atoms with E-state index < -0.39 is 0 Å². The van der Waals surface area contributed by atoms with Crippen LogP contribution >= 0.6 is 0 Å². The van der Waals surface area contributed by atoms with E-state index in [0.717, 1.165) is 189 Å². The van der Waals surface area contributed by atoms with Gasteiger partial charge in [-0.3, -0.25) is 18.8 Å². The number of hydrogen-bond acceptors (Lipinski definition) is 10. The van der Waals surface area contributed by atoms with Gasteiger partial charge in [-0.1, -0.05) is 146 Å². The molecule has 12 nitrogen and oxygen atoms in total. The highest BCUT2D eigenvalue weighted by Gasteiger charge is 2.33. The molecule has 0 saturated carbocycles. The molecule has 21 aromatic rings. The molecule has 0 bridgehead atoms. The predicted octanol–water partition coefficient (Wildman–Crippen LogP) is 22.8. The Kier molecular flexibility index (Phi) is 12.1. The first-order valence-electron chi connectivity index (χ1n) is 33.6. The van der Waals surface area contributed by atoms with Crippen molar-refractivity contribution in [2.24, 2.45) is 0 Å². The Labute approximate surface area is 571 Å². The summed E-state index contributed by atoms with van der Waals surface area (Å²) < 4.78 is 4.88. The van der Waals surface area contributed by atoms with Gasteiger partial charge < -0.3 is 19.6 Å².